The molecule has 0 saturated carbocycles. The monoisotopic (exact) mass is 738 g/mol. The highest BCUT2D eigenvalue weighted by Gasteiger charge is 2.14. The molecule has 6 nitrogen and oxygen atoms in total. The van der Waals surface area contributed by atoms with Crippen LogP contribution in [0.25, 0.3) is 0 Å². The van der Waals surface area contributed by atoms with Gasteiger partial charge >= 0.3 is 11.9 Å². The Bertz CT molecular complexity index is 728. The highest BCUT2D eigenvalue weighted by Crippen LogP contribution is 2.19. The van der Waals surface area contributed by atoms with Gasteiger partial charge in [-0.05, 0) is 76.8 Å². The lowest BCUT2D eigenvalue weighted by Crippen LogP contribution is -2.29. The minimum absolute atomic E-state index is 0.0138. The van der Waals surface area contributed by atoms with Crippen molar-refractivity contribution in [3.8, 4) is 0 Å². The van der Waals surface area contributed by atoms with Gasteiger partial charge < -0.3 is 19.5 Å². The van der Waals surface area contributed by atoms with Crippen molar-refractivity contribution in [1.82, 2.24) is 4.90 Å². The molecular formula is C46H91NO5. The van der Waals surface area contributed by atoms with Crippen molar-refractivity contribution in [1.29, 1.82) is 0 Å². The molecule has 0 unspecified atom stereocenters. The normalized spacial score (nSPS) is 11.7. The van der Waals surface area contributed by atoms with Crippen molar-refractivity contribution in [3.05, 3.63) is 0 Å². The Morgan fingerprint density at radius 2 is 0.885 bits per heavy atom. The summed E-state index contributed by atoms with van der Waals surface area (Å²) in [5.74, 6) is 0.796. The second kappa shape index (κ2) is 41.0. The molecule has 0 radical (unpaired) electrons. The van der Waals surface area contributed by atoms with Gasteiger partial charge in [0.1, 0.15) is 6.10 Å². The molecule has 6 heteroatoms. The molecule has 0 atom stereocenters. The average Bonchev–Trinajstić information content (AvgIpc) is 3.12. The molecule has 0 heterocycles. The molecule has 0 aliphatic heterocycles. The third kappa shape index (κ3) is 38.6. The summed E-state index contributed by atoms with van der Waals surface area (Å²) in [6.07, 6.45) is 38.4. The summed E-state index contributed by atoms with van der Waals surface area (Å²) >= 11 is 0. The summed E-state index contributed by atoms with van der Waals surface area (Å²) in [6, 6.07) is 0. The molecule has 0 saturated heterocycles. The van der Waals surface area contributed by atoms with E-state index in [0.29, 0.717) is 19.4 Å². The van der Waals surface area contributed by atoms with Crippen molar-refractivity contribution < 1.29 is 24.2 Å². The van der Waals surface area contributed by atoms with E-state index in [9.17, 15) is 14.7 Å². The Labute approximate surface area is 324 Å². The van der Waals surface area contributed by atoms with Crippen LogP contribution in [0.2, 0.25) is 0 Å². The number of esters is 2. The summed E-state index contributed by atoms with van der Waals surface area (Å²) < 4.78 is 11.5. The van der Waals surface area contributed by atoms with Crippen molar-refractivity contribution in [2.45, 2.75) is 246 Å². The van der Waals surface area contributed by atoms with Crippen LogP contribution in [0.5, 0.6) is 0 Å². The zero-order valence-electron chi connectivity index (χ0n) is 35.6. The van der Waals surface area contributed by atoms with Crippen molar-refractivity contribution >= 4 is 11.9 Å². The molecule has 0 aliphatic rings. The van der Waals surface area contributed by atoms with Crippen LogP contribution in [0.1, 0.15) is 240 Å². The minimum Gasteiger partial charge on any atom is -0.466 e. The fourth-order valence-electron chi connectivity index (χ4n) is 7.18. The maximum absolute atomic E-state index is 12.7. The van der Waals surface area contributed by atoms with Crippen molar-refractivity contribution in [3.63, 3.8) is 0 Å². The van der Waals surface area contributed by atoms with Crippen LogP contribution in [-0.4, -0.2) is 60.9 Å². The van der Waals surface area contributed by atoms with E-state index in [2.05, 4.69) is 32.6 Å². The van der Waals surface area contributed by atoms with E-state index in [1.807, 2.05) is 0 Å². The van der Waals surface area contributed by atoms with E-state index in [1.54, 1.807) is 0 Å². The van der Waals surface area contributed by atoms with Gasteiger partial charge in [0.05, 0.1) is 13.2 Å². The predicted molar refractivity (Wildman–Crippen MR) is 223 cm³/mol. The number of hydrogen-bond donors (Lipinski definition) is 1. The molecule has 0 fully saturated rings. The van der Waals surface area contributed by atoms with E-state index in [1.165, 1.54) is 128 Å². The van der Waals surface area contributed by atoms with E-state index >= 15 is 0 Å². The number of aliphatic hydroxyl groups excluding tert-OH is 1. The van der Waals surface area contributed by atoms with E-state index in [-0.39, 0.29) is 24.6 Å². The van der Waals surface area contributed by atoms with Gasteiger partial charge in [-0.25, -0.2) is 0 Å². The maximum atomic E-state index is 12.7. The van der Waals surface area contributed by atoms with E-state index in [4.69, 9.17) is 9.47 Å². The molecule has 0 aromatic carbocycles. The SMILES string of the molecule is CCCCCCCCC(CCCCCCCC)OC(=O)CCCCCCCN(CCO)CCCCCCCC(=O)OCCCCCCCCC(C)C. The van der Waals surface area contributed by atoms with Crippen LogP contribution in [-0.2, 0) is 19.1 Å². The Kier molecular flexibility index (Phi) is 40.1. The lowest BCUT2D eigenvalue weighted by atomic mass is 10.0. The van der Waals surface area contributed by atoms with E-state index in [0.717, 1.165) is 96.2 Å². The number of nitrogens with zero attached hydrogens (tertiary/aromatic N) is 1. The van der Waals surface area contributed by atoms with Gasteiger partial charge in [0.2, 0.25) is 0 Å². The van der Waals surface area contributed by atoms with Gasteiger partial charge in [-0.3, -0.25) is 9.59 Å². The minimum atomic E-state index is -0.0303. The van der Waals surface area contributed by atoms with Crippen LogP contribution in [0.4, 0.5) is 0 Å². The molecule has 1 N–H and O–H groups in total. The van der Waals surface area contributed by atoms with Crippen LogP contribution in [0, 0.1) is 5.92 Å². The topological polar surface area (TPSA) is 76.1 Å². The quantitative estimate of drug-likeness (QED) is 0.0496. The molecule has 0 rings (SSSR count). The van der Waals surface area contributed by atoms with Crippen molar-refractivity contribution in [2.75, 3.05) is 32.8 Å². The standard InChI is InChI=1S/C46H91NO5/c1-5-7-9-11-18-26-34-44(35-27-19-12-10-8-6-2)52-46(50)37-29-21-16-23-31-39-47(40-41-48)38-30-22-15-20-28-36-45(49)51-42-32-24-14-13-17-25-33-43(3)4/h43-44,48H,5-42H2,1-4H3. The fraction of sp³-hybridized carbons (Fsp3) is 0.957. The summed E-state index contributed by atoms with van der Waals surface area (Å²) in [5.41, 5.74) is 0. The van der Waals surface area contributed by atoms with Gasteiger partial charge in [0.25, 0.3) is 0 Å². The second-order valence-corrected chi connectivity index (χ2v) is 16.3. The number of rotatable bonds is 42. The highest BCUT2D eigenvalue weighted by atomic mass is 16.5. The van der Waals surface area contributed by atoms with Gasteiger partial charge in [-0.2, -0.15) is 0 Å². The first-order valence-corrected chi connectivity index (χ1v) is 23.1. The molecule has 310 valence electrons. The number of ether oxygens (including phenoxy) is 2. The van der Waals surface area contributed by atoms with Crippen LogP contribution < -0.4 is 0 Å². The molecule has 0 aromatic heterocycles. The lowest BCUT2D eigenvalue weighted by molar-refractivity contribution is -0.150. The van der Waals surface area contributed by atoms with Gasteiger partial charge in [-0.15, -0.1) is 0 Å². The number of aliphatic hydroxyl groups is 1. The first-order valence-electron chi connectivity index (χ1n) is 23.1. The summed E-state index contributed by atoms with van der Waals surface area (Å²) in [6.45, 7) is 12.7. The van der Waals surface area contributed by atoms with Crippen LogP contribution >= 0.6 is 0 Å². The number of carbonyl (C=O) groups excluding carboxylic acids is 2. The predicted octanol–water partition coefficient (Wildman–Crippen LogP) is 13.3. The Morgan fingerprint density at radius 3 is 1.37 bits per heavy atom. The maximum Gasteiger partial charge on any atom is 0.306 e. The first-order chi connectivity index (χ1) is 25.4. The Hall–Kier alpha value is -1.14. The zero-order valence-corrected chi connectivity index (χ0v) is 35.6. The third-order valence-electron chi connectivity index (χ3n) is 10.6. The fourth-order valence-corrected chi connectivity index (χ4v) is 7.18. The zero-order chi connectivity index (χ0) is 38.2. The third-order valence-corrected chi connectivity index (χ3v) is 10.6. The smallest absolute Gasteiger partial charge is 0.306 e. The van der Waals surface area contributed by atoms with Crippen LogP contribution in [0.3, 0.4) is 0 Å². The summed E-state index contributed by atoms with van der Waals surface area (Å²) in [5, 5.41) is 9.55. The molecule has 0 aromatic rings. The Morgan fingerprint density at radius 1 is 0.481 bits per heavy atom. The van der Waals surface area contributed by atoms with Gasteiger partial charge in [-0.1, -0.05) is 169 Å². The molecule has 0 amide bonds. The molecule has 52 heavy (non-hydrogen) atoms. The van der Waals surface area contributed by atoms with Crippen LogP contribution in [0.15, 0.2) is 0 Å². The second-order valence-electron chi connectivity index (χ2n) is 16.3. The Balaban J connectivity index is 3.92. The number of unbranched alkanes of at least 4 members (excludes halogenated alkanes) is 23. The number of carbonyl (C=O) groups is 2. The molecule has 0 bridgehead atoms. The largest absolute Gasteiger partial charge is 0.466 e. The van der Waals surface area contributed by atoms with Gasteiger partial charge in [0, 0.05) is 19.4 Å². The first kappa shape index (κ1) is 50.9. The highest BCUT2D eigenvalue weighted by molar-refractivity contribution is 5.69. The summed E-state index contributed by atoms with van der Waals surface area (Å²) in [7, 11) is 0. The molecule has 0 aliphatic carbocycles. The summed E-state index contributed by atoms with van der Waals surface area (Å²) in [4.78, 5) is 27.1. The van der Waals surface area contributed by atoms with Gasteiger partial charge in [0.15, 0.2) is 0 Å². The van der Waals surface area contributed by atoms with Crippen molar-refractivity contribution in [2.24, 2.45) is 5.92 Å². The average molecular weight is 738 g/mol. The molecule has 0 spiro atoms. The molecular weight excluding hydrogens is 647 g/mol. The lowest BCUT2D eigenvalue weighted by Gasteiger charge is -2.21. The van der Waals surface area contributed by atoms with E-state index < -0.39 is 0 Å². The number of hydrogen-bond acceptors (Lipinski definition) is 6.